The van der Waals surface area contributed by atoms with E-state index in [4.69, 9.17) is 0 Å². The van der Waals surface area contributed by atoms with E-state index in [-0.39, 0.29) is 0 Å². The van der Waals surface area contributed by atoms with Crippen molar-refractivity contribution in [3.05, 3.63) is 0 Å². The third-order valence-electron chi connectivity index (χ3n) is 5.85. The van der Waals surface area contributed by atoms with Gasteiger partial charge in [0.05, 0.1) is 0 Å². The second kappa shape index (κ2) is 4.91. The van der Waals surface area contributed by atoms with Crippen LogP contribution in [0.4, 0.5) is 0 Å². The van der Waals surface area contributed by atoms with Gasteiger partial charge in [-0.1, -0.05) is 26.7 Å². The van der Waals surface area contributed by atoms with Gasteiger partial charge < -0.3 is 5.32 Å². The van der Waals surface area contributed by atoms with Crippen LogP contribution in [-0.2, 0) is 0 Å². The average Bonchev–Trinajstić information content (AvgIpc) is 3.01. The highest BCUT2D eigenvalue weighted by atomic mass is 14.9. The first-order valence-electron chi connectivity index (χ1n) is 7.97. The third-order valence-corrected chi connectivity index (χ3v) is 5.85. The van der Waals surface area contributed by atoms with Crippen molar-refractivity contribution >= 4 is 0 Å². The molecule has 0 aliphatic heterocycles. The minimum absolute atomic E-state index is 0.663. The summed E-state index contributed by atoms with van der Waals surface area (Å²) >= 11 is 0. The molecule has 3 saturated carbocycles. The van der Waals surface area contributed by atoms with Crippen LogP contribution in [0.1, 0.15) is 58.8 Å². The number of rotatable bonds is 4. The van der Waals surface area contributed by atoms with Crippen LogP contribution >= 0.6 is 0 Å². The zero-order valence-corrected chi connectivity index (χ0v) is 11.6. The van der Waals surface area contributed by atoms with Crippen LogP contribution in [-0.4, -0.2) is 12.6 Å². The molecule has 1 N–H and O–H groups in total. The van der Waals surface area contributed by atoms with E-state index in [0.29, 0.717) is 6.04 Å². The average molecular weight is 235 g/mol. The Morgan fingerprint density at radius 1 is 1.00 bits per heavy atom. The van der Waals surface area contributed by atoms with Crippen molar-refractivity contribution in [2.45, 2.75) is 64.8 Å². The van der Waals surface area contributed by atoms with Gasteiger partial charge in [-0.2, -0.15) is 0 Å². The number of nitrogens with one attached hydrogen (secondary N) is 1. The molecule has 3 rings (SSSR count). The van der Waals surface area contributed by atoms with Crippen LogP contribution in [0.15, 0.2) is 0 Å². The molecule has 0 aromatic rings. The van der Waals surface area contributed by atoms with Gasteiger partial charge in [-0.05, 0) is 68.2 Å². The smallest absolute Gasteiger partial charge is 0.00104 e. The number of hydrogen-bond donors (Lipinski definition) is 1. The van der Waals surface area contributed by atoms with E-state index in [9.17, 15) is 0 Å². The normalized spacial score (nSPS) is 45.0. The molecule has 0 spiro atoms. The lowest BCUT2D eigenvalue weighted by molar-refractivity contribution is 0.180. The fourth-order valence-electron chi connectivity index (χ4n) is 5.09. The Labute approximate surface area is 107 Å². The minimum atomic E-state index is 0.663. The SMILES string of the molecule is CC(C)NCC1CCCC1C1CC2CCC1C2. The van der Waals surface area contributed by atoms with E-state index in [0.717, 1.165) is 29.6 Å². The molecular formula is C16H29N. The molecule has 0 radical (unpaired) electrons. The first-order valence-corrected chi connectivity index (χ1v) is 7.97. The molecule has 5 atom stereocenters. The summed E-state index contributed by atoms with van der Waals surface area (Å²) < 4.78 is 0. The van der Waals surface area contributed by atoms with Gasteiger partial charge in [-0.25, -0.2) is 0 Å². The van der Waals surface area contributed by atoms with Gasteiger partial charge >= 0.3 is 0 Å². The molecule has 1 nitrogen and oxygen atoms in total. The zero-order valence-electron chi connectivity index (χ0n) is 11.6. The second-order valence-electron chi connectivity index (χ2n) is 7.26. The van der Waals surface area contributed by atoms with Gasteiger partial charge in [0.15, 0.2) is 0 Å². The lowest BCUT2D eigenvalue weighted by Gasteiger charge is -2.32. The van der Waals surface area contributed by atoms with Crippen LogP contribution in [0.5, 0.6) is 0 Å². The van der Waals surface area contributed by atoms with E-state index >= 15 is 0 Å². The predicted octanol–water partition coefficient (Wildman–Crippen LogP) is 3.84. The highest BCUT2D eigenvalue weighted by Crippen LogP contribution is 2.55. The molecular weight excluding hydrogens is 206 g/mol. The molecule has 0 saturated heterocycles. The predicted molar refractivity (Wildman–Crippen MR) is 72.9 cm³/mol. The Morgan fingerprint density at radius 3 is 2.53 bits per heavy atom. The fourth-order valence-corrected chi connectivity index (χ4v) is 5.09. The summed E-state index contributed by atoms with van der Waals surface area (Å²) in [5.41, 5.74) is 0. The summed E-state index contributed by atoms with van der Waals surface area (Å²) in [6.07, 6.45) is 10.8. The Morgan fingerprint density at radius 2 is 1.88 bits per heavy atom. The fraction of sp³-hybridized carbons (Fsp3) is 1.00. The second-order valence-corrected chi connectivity index (χ2v) is 7.26. The van der Waals surface area contributed by atoms with Gasteiger partial charge in [-0.15, -0.1) is 0 Å². The summed E-state index contributed by atoms with van der Waals surface area (Å²) in [6.45, 7) is 5.85. The van der Waals surface area contributed by atoms with Gasteiger partial charge in [0.25, 0.3) is 0 Å². The van der Waals surface area contributed by atoms with Crippen molar-refractivity contribution in [2.24, 2.45) is 29.6 Å². The van der Waals surface area contributed by atoms with E-state index in [1.54, 1.807) is 32.1 Å². The quantitative estimate of drug-likeness (QED) is 0.781. The molecule has 5 unspecified atom stereocenters. The summed E-state index contributed by atoms with van der Waals surface area (Å²) in [5, 5.41) is 3.68. The molecule has 0 aromatic heterocycles. The molecule has 98 valence electrons. The maximum Gasteiger partial charge on any atom is 0.00104 e. The largest absolute Gasteiger partial charge is 0.314 e. The Kier molecular flexibility index (Phi) is 3.47. The Balaban J connectivity index is 1.58. The molecule has 1 heteroatoms. The number of fused-ring (bicyclic) bond motifs is 2. The molecule has 3 aliphatic carbocycles. The van der Waals surface area contributed by atoms with Crippen molar-refractivity contribution in [3.8, 4) is 0 Å². The van der Waals surface area contributed by atoms with Crippen molar-refractivity contribution in [1.29, 1.82) is 0 Å². The van der Waals surface area contributed by atoms with E-state index in [1.165, 1.54) is 19.4 Å². The van der Waals surface area contributed by atoms with Crippen molar-refractivity contribution < 1.29 is 0 Å². The van der Waals surface area contributed by atoms with Gasteiger partial charge in [0.1, 0.15) is 0 Å². The van der Waals surface area contributed by atoms with E-state index < -0.39 is 0 Å². The molecule has 0 aromatic carbocycles. The van der Waals surface area contributed by atoms with Crippen LogP contribution in [0, 0.1) is 29.6 Å². The molecule has 3 fully saturated rings. The maximum atomic E-state index is 3.68. The maximum absolute atomic E-state index is 3.68. The third kappa shape index (κ3) is 2.41. The van der Waals surface area contributed by atoms with E-state index in [2.05, 4.69) is 19.2 Å². The lowest BCUT2D eigenvalue weighted by atomic mass is 9.75. The summed E-state index contributed by atoms with van der Waals surface area (Å²) in [4.78, 5) is 0. The van der Waals surface area contributed by atoms with E-state index in [1.807, 2.05) is 0 Å². The minimum Gasteiger partial charge on any atom is -0.314 e. The van der Waals surface area contributed by atoms with Crippen molar-refractivity contribution in [3.63, 3.8) is 0 Å². The molecule has 0 amide bonds. The van der Waals surface area contributed by atoms with Crippen LogP contribution in [0.3, 0.4) is 0 Å². The molecule has 0 heterocycles. The first-order chi connectivity index (χ1) is 8.24. The standard InChI is InChI=1S/C16H29N/c1-11(2)17-10-14-4-3-5-15(14)16-9-12-6-7-13(16)8-12/h11-17H,3-10H2,1-2H3. The highest BCUT2D eigenvalue weighted by molar-refractivity contribution is 4.96. The van der Waals surface area contributed by atoms with Crippen LogP contribution < -0.4 is 5.32 Å². The van der Waals surface area contributed by atoms with Gasteiger partial charge in [0.2, 0.25) is 0 Å². The van der Waals surface area contributed by atoms with Crippen molar-refractivity contribution in [1.82, 2.24) is 5.32 Å². The number of hydrogen-bond acceptors (Lipinski definition) is 1. The summed E-state index contributed by atoms with van der Waals surface area (Å²) in [6, 6.07) is 0.663. The van der Waals surface area contributed by atoms with Crippen molar-refractivity contribution in [2.75, 3.05) is 6.54 Å². The zero-order chi connectivity index (χ0) is 11.8. The Hall–Kier alpha value is -0.0400. The highest BCUT2D eigenvalue weighted by Gasteiger charge is 2.45. The van der Waals surface area contributed by atoms with Crippen LogP contribution in [0.25, 0.3) is 0 Å². The van der Waals surface area contributed by atoms with Gasteiger partial charge in [-0.3, -0.25) is 0 Å². The molecule has 17 heavy (non-hydrogen) atoms. The Bertz CT molecular complexity index is 260. The lowest BCUT2D eigenvalue weighted by Crippen LogP contribution is -2.34. The monoisotopic (exact) mass is 235 g/mol. The first kappa shape index (κ1) is 12.0. The summed E-state index contributed by atoms with van der Waals surface area (Å²) in [7, 11) is 0. The van der Waals surface area contributed by atoms with Gasteiger partial charge in [0, 0.05) is 6.04 Å². The molecule has 2 bridgehead atoms. The topological polar surface area (TPSA) is 12.0 Å². The molecule has 3 aliphatic rings. The van der Waals surface area contributed by atoms with Crippen LogP contribution in [0.2, 0.25) is 0 Å². The summed E-state index contributed by atoms with van der Waals surface area (Å²) in [5.74, 6) is 5.46.